The summed E-state index contributed by atoms with van der Waals surface area (Å²) in [7, 11) is -3.80. The van der Waals surface area contributed by atoms with Crippen LogP contribution in [0.5, 0.6) is 0 Å². The second-order valence-corrected chi connectivity index (χ2v) is 8.92. The van der Waals surface area contributed by atoms with E-state index in [0.717, 1.165) is 12.1 Å². The molecule has 1 aliphatic heterocycles. The Bertz CT molecular complexity index is 984. The third-order valence-electron chi connectivity index (χ3n) is 4.82. The SMILES string of the molecule is O=C(CCNC(=O)C1CCCN(S(=O)(=O)c2ccc(F)cc2)C1)Nc1ccncc1. The Morgan fingerprint density at radius 1 is 1.13 bits per heavy atom. The zero-order chi connectivity index (χ0) is 21.6. The van der Waals surface area contributed by atoms with Crippen LogP contribution in [-0.4, -0.2) is 49.2 Å². The molecule has 160 valence electrons. The maximum Gasteiger partial charge on any atom is 0.243 e. The van der Waals surface area contributed by atoms with Crippen LogP contribution < -0.4 is 10.6 Å². The van der Waals surface area contributed by atoms with Crippen molar-refractivity contribution in [2.24, 2.45) is 5.92 Å². The summed E-state index contributed by atoms with van der Waals surface area (Å²) in [6.45, 7) is 0.504. The van der Waals surface area contributed by atoms with Gasteiger partial charge in [-0.15, -0.1) is 0 Å². The van der Waals surface area contributed by atoms with E-state index < -0.39 is 21.8 Å². The predicted molar refractivity (Wildman–Crippen MR) is 108 cm³/mol. The number of pyridine rings is 1. The fourth-order valence-corrected chi connectivity index (χ4v) is 4.76. The van der Waals surface area contributed by atoms with Crippen LogP contribution in [0, 0.1) is 11.7 Å². The highest BCUT2D eigenvalue weighted by Crippen LogP contribution is 2.24. The zero-order valence-corrected chi connectivity index (χ0v) is 17.1. The molecule has 1 atom stereocenters. The number of benzene rings is 1. The lowest BCUT2D eigenvalue weighted by molar-refractivity contribution is -0.126. The summed E-state index contributed by atoms with van der Waals surface area (Å²) in [4.78, 5) is 28.3. The standard InChI is InChI=1S/C20H23FN4O4S/c21-16-3-5-18(6-4-16)30(28,29)25-13-1-2-15(14-25)20(27)23-12-9-19(26)24-17-7-10-22-11-8-17/h3-8,10-11,15H,1-2,9,12-14H2,(H,23,27)(H,22,24,26). The average Bonchev–Trinajstić information content (AvgIpc) is 2.75. The summed E-state index contributed by atoms with van der Waals surface area (Å²) >= 11 is 0. The first-order valence-electron chi connectivity index (χ1n) is 9.59. The van der Waals surface area contributed by atoms with Gasteiger partial charge in [-0.05, 0) is 49.2 Å². The van der Waals surface area contributed by atoms with Gasteiger partial charge in [-0.1, -0.05) is 0 Å². The fraction of sp³-hybridized carbons (Fsp3) is 0.350. The lowest BCUT2D eigenvalue weighted by atomic mass is 9.99. The molecule has 1 aromatic carbocycles. The number of aromatic nitrogens is 1. The molecule has 1 saturated heterocycles. The van der Waals surface area contributed by atoms with Gasteiger partial charge in [-0.2, -0.15) is 4.31 Å². The van der Waals surface area contributed by atoms with E-state index in [1.54, 1.807) is 24.5 Å². The number of sulfonamides is 1. The van der Waals surface area contributed by atoms with Gasteiger partial charge >= 0.3 is 0 Å². The molecule has 3 rings (SSSR count). The molecule has 10 heteroatoms. The molecular weight excluding hydrogens is 411 g/mol. The molecular formula is C20H23FN4O4S. The van der Waals surface area contributed by atoms with Crippen molar-refractivity contribution >= 4 is 27.5 Å². The second-order valence-electron chi connectivity index (χ2n) is 6.98. The molecule has 2 amide bonds. The molecule has 2 aromatic rings. The molecule has 1 fully saturated rings. The van der Waals surface area contributed by atoms with Crippen molar-refractivity contribution in [2.45, 2.75) is 24.2 Å². The summed E-state index contributed by atoms with van der Waals surface area (Å²) < 4.78 is 39.9. The van der Waals surface area contributed by atoms with Crippen molar-refractivity contribution in [1.82, 2.24) is 14.6 Å². The van der Waals surface area contributed by atoms with Crippen LogP contribution in [0.1, 0.15) is 19.3 Å². The van der Waals surface area contributed by atoms with Gasteiger partial charge < -0.3 is 10.6 Å². The Kier molecular flexibility index (Phi) is 7.11. The molecule has 1 aromatic heterocycles. The molecule has 30 heavy (non-hydrogen) atoms. The van der Waals surface area contributed by atoms with E-state index in [9.17, 15) is 22.4 Å². The third kappa shape index (κ3) is 5.61. The monoisotopic (exact) mass is 434 g/mol. The Morgan fingerprint density at radius 3 is 2.53 bits per heavy atom. The van der Waals surface area contributed by atoms with Crippen LogP contribution in [0.3, 0.4) is 0 Å². The minimum Gasteiger partial charge on any atom is -0.355 e. The molecule has 8 nitrogen and oxygen atoms in total. The van der Waals surface area contributed by atoms with E-state index >= 15 is 0 Å². The van der Waals surface area contributed by atoms with Crippen molar-refractivity contribution in [3.8, 4) is 0 Å². The number of piperidine rings is 1. The van der Waals surface area contributed by atoms with Gasteiger partial charge in [0.2, 0.25) is 21.8 Å². The summed E-state index contributed by atoms with van der Waals surface area (Å²) in [5.41, 5.74) is 0.621. The molecule has 1 unspecified atom stereocenters. The summed E-state index contributed by atoms with van der Waals surface area (Å²) in [6.07, 6.45) is 4.32. The molecule has 0 aliphatic carbocycles. The number of rotatable bonds is 7. The van der Waals surface area contributed by atoms with Crippen LogP contribution in [0.4, 0.5) is 10.1 Å². The maximum absolute atomic E-state index is 13.1. The number of amides is 2. The van der Waals surface area contributed by atoms with Crippen molar-refractivity contribution < 1.29 is 22.4 Å². The van der Waals surface area contributed by atoms with Gasteiger partial charge in [0.25, 0.3) is 0 Å². The van der Waals surface area contributed by atoms with Gasteiger partial charge in [0.05, 0.1) is 10.8 Å². The summed E-state index contributed by atoms with van der Waals surface area (Å²) in [5, 5.41) is 5.40. The van der Waals surface area contributed by atoms with Gasteiger partial charge in [-0.3, -0.25) is 14.6 Å². The lowest BCUT2D eigenvalue weighted by Crippen LogP contribution is -2.45. The van der Waals surface area contributed by atoms with E-state index in [4.69, 9.17) is 0 Å². The van der Waals surface area contributed by atoms with Crippen LogP contribution in [0.25, 0.3) is 0 Å². The lowest BCUT2D eigenvalue weighted by Gasteiger charge is -2.31. The molecule has 2 N–H and O–H groups in total. The molecule has 1 aliphatic rings. The Labute approximate surface area is 174 Å². The van der Waals surface area contributed by atoms with Gasteiger partial charge in [0, 0.05) is 44.1 Å². The minimum atomic E-state index is -3.80. The van der Waals surface area contributed by atoms with E-state index in [0.29, 0.717) is 25.1 Å². The first-order valence-corrected chi connectivity index (χ1v) is 11.0. The van der Waals surface area contributed by atoms with E-state index in [-0.39, 0.29) is 36.2 Å². The largest absolute Gasteiger partial charge is 0.355 e. The average molecular weight is 434 g/mol. The molecule has 2 heterocycles. The number of carbonyl (C=O) groups excluding carboxylic acids is 2. The van der Waals surface area contributed by atoms with Crippen molar-refractivity contribution in [3.63, 3.8) is 0 Å². The topological polar surface area (TPSA) is 108 Å². The van der Waals surface area contributed by atoms with E-state index in [1.807, 2.05) is 0 Å². The van der Waals surface area contributed by atoms with E-state index in [2.05, 4.69) is 15.6 Å². The van der Waals surface area contributed by atoms with Crippen molar-refractivity contribution in [2.75, 3.05) is 25.0 Å². The number of nitrogens with zero attached hydrogens (tertiary/aromatic N) is 2. The van der Waals surface area contributed by atoms with Crippen LogP contribution in [-0.2, 0) is 19.6 Å². The number of halogens is 1. The van der Waals surface area contributed by atoms with Crippen LogP contribution in [0.15, 0.2) is 53.7 Å². The molecule has 0 spiro atoms. The fourth-order valence-electron chi connectivity index (χ4n) is 3.23. The Hall–Kier alpha value is -2.85. The van der Waals surface area contributed by atoms with Crippen LogP contribution in [0.2, 0.25) is 0 Å². The van der Waals surface area contributed by atoms with Gasteiger partial charge in [0.15, 0.2) is 0 Å². The predicted octanol–water partition coefficient (Wildman–Crippen LogP) is 1.77. The highest BCUT2D eigenvalue weighted by molar-refractivity contribution is 7.89. The maximum atomic E-state index is 13.1. The summed E-state index contributed by atoms with van der Waals surface area (Å²) in [6, 6.07) is 7.95. The smallest absolute Gasteiger partial charge is 0.243 e. The van der Waals surface area contributed by atoms with Gasteiger partial charge in [0.1, 0.15) is 5.82 Å². The highest BCUT2D eigenvalue weighted by atomic mass is 32.2. The zero-order valence-electron chi connectivity index (χ0n) is 16.3. The summed E-state index contributed by atoms with van der Waals surface area (Å²) in [5.74, 6) is -1.55. The van der Waals surface area contributed by atoms with Gasteiger partial charge in [-0.25, -0.2) is 12.8 Å². The molecule has 0 bridgehead atoms. The second kappa shape index (κ2) is 9.77. The van der Waals surface area contributed by atoms with E-state index in [1.165, 1.54) is 16.4 Å². The number of nitrogens with one attached hydrogen (secondary N) is 2. The third-order valence-corrected chi connectivity index (χ3v) is 6.70. The molecule has 0 saturated carbocycles. The highest BCUT2D eigenvalue weighted by Gasteiger charge is 2.33. The Morgan fingerprint density at radius 2 is 1.83 bits per heavy atom. The number of hydrogen-bond donors (Lipinski definition) is 2. The first kappa shape index (κ1) is 21.8. The number of anilines is 1. The quantitative estimate of drug-likeness (QED) is 0.690. The normalized spacial score (nSPS) is 17.3. The number of carbonyl (C=O) groups is 2. The molecule has 0 radical (unpaired) electrons. The Balaban J connectivity index is 1.50. The van der Waals surface area contributed by atoms with Crippen molar-refractivity contribution in [3.05, 3.63) is 54.6 Å². The number of hydrogen-bond acceptors (Lipinski definition) is 5. The van der Waals surface area contributed by atoms with Crippen molar-refractivity contribution in [1.29, 1.82) is 0 Å². The van der Waals surface area contributed by atoms with Crippen LogP contribution >= 0.6 is 0 Å². The minimum absolute atomic E-state index is 0.00209. The first-order chi connectivity index (χ1) is 14.4.